The van der Waals surface area contributed by atoms with E-state index in [9.17, 15) is 17.6 Å². The molecule has 0 bridgehead atoms. The van der Waals surface area contributed by atoms with E-state index in [0.717, 1.165) is 5.56 Å². The van der Waals surface area contributed by atoms with E-state index in [1.54, 1.807) is 0 Å². The Labute approximate surface area is 156 Å². The maximum absolute atomic E-state index is 12.9. The van der Waals surface area contributed by atoms with Gasteiger partial charge < -0.3 is 9.73 Å². The second-order valence-corrected chi connectivity index (χ2v) is 8.16. The molecule has 0 spiro atoms. The van der Waals surface area contributed by atoms with Crippen LogP contribution in [-0.2, 0) is 27.9 Å². The highest BCUT2D eigenvalue weighted by atomic mass is 32.2. The van der Waals surface area contributed by atoms with Crippen LogP contribution in [0.4, 0.5) is 4.39 Å². The van der Waals surface area contributed by atoms with Gasteiger partial charge in [-0.15, -0.1) is 0 Å². The van der Waals surface area contributed by atoms with Gasteiger partial charge >= 0.3 is 0 Å². The number of sulfone groups is 1. The molecular formula is C20H18FNO4S. The number of halogens is 1. The molecular weight excluding hydrogens is 369 g/mol. The molecule has 0 saturated heterocycles. The quantitative estimate of drug-likeness (QED) is 0.674. The van der Waals surface area contributed by atoms with Crippen molar-refractivity contribution < 1.29 is 22.0 Å². The second kappa shape index (κ2) is 8.18. The van der Waals surface area contributed by atoms with Crippen LogP contribution < -0.4 is 5.32 Å². The van der Waals surface area contributed by atoms with Crippen LogP contribution in [0.2, 0.25) is 0 Å². The van der Waals surface area contributed by atoms with E-state index < -0.39 is 21.6 Å². The molecule has 0 aliphatic heterocycles. The number of benzene rings is 2. The summed E-state index contributed by atoms with van der Waals surface area (Å²) in [6.45, 7) is 0.346. The molecule has 140 valence electrons. The predicted octanol–water partition coefficient (Wildman–Crippen LogP) is 3.46. The standard InChI is InChI=1S/C20H18FNO4S/c21-17-8-6-16(7-9-17)13-27(24,25)14-18-10-11-19(26-18)20(23)22-12-15-4-2-1-3-5-15/h1-11H,12-14H2,(H,22,23). The molecule has 0 fully saturated rings. The fraction of sp³-hybridized carbons (Fsp3) is 0.150. The van der Waals surface area contributed by atoms with Crippen molar-refractivity contribution in [1.82, 2.24) is 5.32 Å². The molecule has 27 heavy (non-hydrogen) atoms. The van der Waals surface area contributed by atoms with Crippen molar-refractivity contribution in [2.45, 2.75) is 18.1 Å². The molecule has 3 rings (SSSR count). The summed E-state index contributed by atoms with van der Waals surface area (Å²) >= 11 is 0. The number of carbonyl (C=O) groups is 1. The Kier molecular flexibility index (Phi) is 5.71. The summed E-state index contributed by atoms with van der Waals surface area (Å²) in [5, 5.41) is 2.72. The molecule has 0 saturated carbocycles. The van der Waals surface area contributed by atoms with Crippen molar-refractivity contribution in [1.29, 1.82) is 0 Å². The smallest absolute Gasteiger partial charge is 0.287 e. The topological polar surface area (TPSA) is 76.4 Å². The van der Waals surface area contributed by atoms with Crippen LogP contribution in [0.25, 0.3) is 0 Å². The molecule has 5 nitrogen and oxygen atoms in total. The number of carbonyl (C=O) groups excluding carboxylic acids is 1. The molecule has 0 aliphatic carbocycles. The van der Waals surface area contributed by atoms with Gasteiger partial charge in [0.2, 0.25) is 0 Å². The molecule has 1 heterocycles. The van der Waals surface area contributed by atoms with Crippen LogP contribution in [0, 0.1) is 5.82 Å². The zero-order valence-corrected chi connectivity index (χ0v) is 15.2. The molecule has 2 aromatic carbocycles. The predicted molar refractivity (Wildman–Crippen MR) is 99.0 cm³/mol. The lowest BCUT2D eigenvalue weighted by Gasteiger charge is -2.04. The maximum atomic E-state index is 12.9. The van der Waals surface area contributed by atoms with E-state index in [1.807, 2.05) is 30.3 Å². The van der Waals surface area contributed by atoms with Crippen LogP contribution >= 0.6 is 0 Å². The average Bonchev–Trinajstić information content (AvgIpc) is 3.10. The first-order valence-electron chi connectivity index (χ1n) is 8.27. The Morgan fingerprint density at radius 1 is 0.889 bits per heavy atom. The van der Waals surface area contributed by atoms with Crippen molar-refractivity contribution in [3.63, 3.8) is 0 Å². The molecule has 7 heteroatoms. The van der Waals surface area contributed by atoms with Gasteiger partial charge in [0, 0.05) is 6.54 Å². The van der Waals surface area contributed by atoms with Gasteiger partial charge in [0.05, 0.1) is 5.75 Å². The van der Waals surface area contributed by atoms with Gasteiger partial charge in [0.1, 0.15) is 17.3 Å². The van der Waals surface area contributed by atoms with Crippen molar-refractivity contribution in [3.8, 4) is 0 Å². The number of hydrogen-bond donors (Lipinski definition) is 1. The zero-order valence-electron chi connectivity index (χ0n) is 14.4. The Hall–Kier alpha value is -2.93. The number of hydrogen-bond acceptors (Lipinski definition) is 4. The van der Waals surface area contributed by atoms with Gasteiger partial charge in [-0.1, -0.05) is 42.5 Å². The van der Waals surface area contributed by atoms with Gasteiger partial charge in [0.15, 0.2) is 15.6 Å². The van der Waals surface area contributed by atoms with Crippen molar-refractivity contribution >= 4 is 15.7 Å². The number of rotatable bonds is 7. The van der Waals surface area contributed by atoms with E-state index in [0.29, 0.717) is 12.1 Å². The first-order valence-corrected chi connectivity index (χ1v) is 10.1. The zero-order chi connectivity index (χ0) is 19.3. The maximum Gasteiger partial charge on any atom is 0.287 e. The third-order valence-electron chi connectivity index (χ3n) is 3.84. The molecule has 1 amide bonds. The summed E-state index contributed by atoms with van der Waals surface area (Å²) in [7, 11) is -3.52. The van der Waals surface area contributed by atoms with E-state index in [2.05, 4.69) is 5.32 Å². The summed E-state index contributed by atoms with van der Waals surface area (Å²) < 4.78 is 42.9. The first-order chi connectivity index (χ1) is 12.9. The average molecular weight is 387 g/mol. The Morgan fingerprint density at radius 2 is 1.59 bits per heavy atom. The number of furan rings is 1. The monoisotopic (exact) mass is 387 g/mol. The lowest BCUT2D eigenvalue weighted by atomic mass is 10.2. The van der Waals surface area contributed by atoms with Crippen LogP contribution in [0.1, 0.15) is 27.4 Å². The SMILES string of the molecule is O=C(NCc1ccccc1)c1ccc(CS(=O)(=O)Cc2ccc(F)cc2)o1. The minimum atomic E-state index is -3.52. The van der Waals surface area contributed by atoms with E-state index >= 15 is 0 Å². The van der Waals surface area contributed by atoms with Crippen molar-refractivity contribution in [2.24, 2.45) is 0 Å². The highest BCUT2D eigenvalue weighted by molar-refractivity contribution is 7.89. The highest BCUT2D eigenvalue weighted by Gasteiger charge is 2.18. The first kappa shape index (κ1) is 18.8. The summed E-state index contributed by atoms with van der Waals surface area (Å²) in [4.78, 5) is 12.1. The van der Waals surface area contributed by atoms with Crippen LogP contribution in [-0.4, -0.2) is 14.3 Å². The molecule has 0 unspecified atom stereocenters. The second-order valence-electron chi connectivity index (χ2n) is 6.09. The summed E-state index contributed by atoms with van der Waals surface area (Å²) in [5.41, 5.74) is 1.43. The minimum Gasteiger partial charge on any atom is -0.455 e. The van der Waals surface area contributed by atoms with Gasteiger partial charge in [-0.05, 0) is 35.4 Å². The minimum absolute atomic E-state index is 0.0536. The van der Waals surface area contributed by atoms with E-state index in [1.165, 1.54) is 36.4 Å². The van der Waals surface area contributed by atoms with Gasteiger partial charge in [-0.3, -0.25) is 4.79 Å². The summed E-state index contributed by atoms with van der Waals surface area (Å²) in [6.07, 6.45) is 0. The molecule has 1 aromatic heterocycles. The molecule has 0 radical (unpaired) electrons. The van der Waals surface area contributed by atoms with E-state index in [-0.39, 0.29) is 23.0 Å². The lowest BCUT2D eigenvalue weighted by molar-refractivity contribution is 0.0921. The van der Waals surface area contributed by atoms with Gasteiger partial charge in [-0.25, -0.2) is 12.8 Å². The van der Waals surface area contributed by atoms with Crippen LogP contribution in [0.3, 0.4) is 0 Å². The summed E-state index contributed by atoms with van der Waals surface area (Å²) in [6, 6.07) is 17.6. The Morgan fingerprint density at radius 3 is 2.30 bits per heavy atom. The molecule has 0 atom stereocenters. The molecule has 1 N–H and O–H groups in total. The summed E-state index contributed by atoms with van der Waals surface area (Å²) in [5.74, 6) is -1.17. The normalized spacial score (nSPS) is 11.3. The largest absolute Gasteiger partial charge is 0.455 e. The third kappa shape index (κ3) is 5.52. The molecule has 3 aromatic rings. The number of nitrogens with one attached hydrogen (secondary N) is 1. The van der Waals surface area contributed by atoms with Crippen LogP contribution in [0.15, 0.2) is 71.1 Å². The van der Waals surface area contributed by atoms with Gasteiger partial charge in [-0.2, -0.15) is 0 Å². The van der Waals surface area contributed by atoms with Crippen molar-refractivity contribution in [3.05, 3.63) is 95.2 Å². The van der Waals surface area contributed by atoms with E-state index in [4.69, 9.17) is 4.42 Å². The van der Waals surface area contributed by atoms with Crippen molar-refractivity contribution in [2.75, 3.05) is 0 Å². The number of amides is 1. The van der Waals surface area contributed by atoms with Gasteiger partial charge in [0.25, 0.3) is 5.91 Å². The molecule has 0 aliphatic rings. The third-order valence-corrected chi connectivity index (χ3v) is 5.34. The Bertz CT molecular complexity index is 1010. The highest BCUT2D eigenvalue weighted by Crippen LogP contribution is 2.16. The van der Waals surface area contributed by atoms with Crippen LogP contribution in [0.5, 0.6) is 0 Å². The fourth-order valence-corrected chi connectivity index (χ4v) is 3.94. The Balaban J connectivity index is 1.59. The lowest BCUT2D eigenvalue weighted by Crippen LogP contribution is -2.22. The fourth-order valence-electron chi connectivity index (χ4n) is 2.55.